The summed E-state index contributed by atoms with van der Waals surface area (Å²) in [6.07, 6.45) is 3.10. The van der Waals surface area contributed by atoms with Crippen LogP contribution in [0.4, 0.5) is 0 Å². The fourth-order valence-corrected chi connectivity index (χ4v) is 5.64. The first-order valence-electron chi connectivity index (χ1n) is 11.9. The third kappa shape index (κ3) is 8.66. The van der Waals surface area contributed by atoms with Crippen LogP contribution in [-0.4, -0.2) is 48.6 Å². The summed E-state index contributed by atoms with van der Waals surface area (Å²) in [5, 5.41) is 13.1. The lowest BCUT2D eigenvalue weighted by Gasteiger charge is -2.12. The van der Waals surface area contributed by atoms with Crippen molar-refractivity contribution >= 4 is 55.2 Å². The standard InChI is InChI=1S/C24H31N5O5S3/c1-2-3-12-26-21(31)16-36-24-28-19-11-15-35-22(19)23(32)29(24)14-4-5-20(30)27-13-10-17-6-8-18(9-7-17)37(25,33)34/h6-9,11,15H,2-5,10,12-14,16H2,1H3,(H,26,31)(H,27,30)(H2,25,33,34). The SMILES string of the molecule is CCCCNC(=O)CSc1nc2ccsc2c(=O)n1CCCC(=O)NCCc1ccc(S(N)(=O)=O)cc1. The Kier molecular flexibility index (Phi) is 10.7. The van der Waals surface area contributed by atoms with Gasteiger partial charge in [0.2, 0.25) is 21.8 Å². The van der Waals surface area contributed by atoms with E-state index >= 15 is 0 Å². The minimum Gasteiger partial charge on any atom is -0.356 e. The van der Waals surface area contributed by atoms with Crippen LogP contribution < -0.4 is 21.3 Å². The van der Waals surface area contributed by atoms with Crippen LogP contribution in [0.15, 0.2) is 50.6 Å². The summed E-state index contributed by atoms with van der Waals surface area (Å²) in [6.45, 7) is 3.37. The van der Waals surface area contributed by atoms with Crippen molar-refractivity contribution < 1.29 is 18.0 Å². The molecular formula is C24H31N5O5S3. The second-order valence-electron chi connectivity index (χ2n) is 8.37. The van der Waals surface area contributed by atoms with E-state index in [9.17, 15) is 22.8 Å². The van der Waals surface area contributed by atoms with E-state index in [1.54, 1.807) is 22.8 Å². The van der Waals surface area contributed by atoms with Gasteiger partial charge in [-0.1, -0.05) is 37.2 Å². The number of unbranched alkanes of at least 4 members (excludes halogenated alkanes) is 1. The predicted molar refractivity (Wildman–Crippen MR) is 146 cm³/mol. The number of thioether (sulfide) groups is 1. The highest BCUT2D eigenvalue weighted by Crippen LogP contribution is 2.21. The summed E-state index contributed by atoms with van der Waals surface area (Å²) in [5.41, 5.74) is 1.31. The summed E-state index contributed by atoms with van der Waals surface area (Å²) in [5.74, 6) is -0.100. The number of primary sulfonamides is 1. The largest absolute Gasteiger partial charge is 0.356 e. The zero-order chi connectivity index (χ0) is 26.8. The Labute approximate surface area is 224 Å². The molecule has 13 heteroatoms. The number of thiophene rings is 1. The van der Waals surface area contributed by atoms with Gasteiger partial charge in [-0.25, -0.2) is 18.5 Å². The van der Waals surface area contributed by atoms with Gasteiger partial charge in [0, 0.05) is 26.1 Å². The highest BCUT2D eigenvalue weighted by molar-refractivity contribution is 7.99. The van der Waals surface area contributed by atoms with Crippen LogP contribution in [0.5, 0.6) is 0 Å². The Morgan fingerprint density at radius 2 is 1.81 bits per heavy atom. The molecule has 0 saturated heterocycles. The summed E-state index contributed by atoms with van der Waals surface area (Å²) in [7, 11) is -3.73. The molecule has 2 aromatic heterocycles. The minimum absolute atomic E-state index is 0.0420. The average molecular weight is 566 g/mol. The fraction of sp³-hybridized carbons (Fsp3) is 0.417. The first kappa shape index (κ1) is 28.8. The zero-order valence-corrected chi connectivity index (χ0v) is 23.0. The van der Waals surface area contributed by atoms with Crippen LogP contribution in [0.2, 0.25) is 0 Å². The van der Waals surface area contributed by atoms with Crippen molar-refractivity contribution in [3.8, 4) is 0 Å². The van der Waals surface area contributed by atoms with E-state index < -0.39 is 10.0 Å². The molecule has 0 spiro atoms. The quantitative estimate of drug-likeness (QED) is 0.154. The molecule has 0 aliphatic heterocycles. The number of hydrogen-bond donors (Lipinski definition) is 3. The highest BCUT2D eigenvalue weighted by Gasteiger charge is 2.15. The van der Waals surface area contributed by atoms with Crippen molar-refractivity contribution in [2.75, 3.05) is 18.8 Å². The number of carbonyl (C=O) groups excluding carboxylic acids is 2. The molecule has 0 aliphatic rings. The Bertz CT molecular complexity index is 1380. The maximum atomic E-state index is 13.0. The van der Waals surface area contributed by atoms with Crippen molar-refractivity contribution in [1.29, 1.82) is 0 Å². The number of amides is 2. The first-order chi connectivity index (χ1) is 17.7. The lowest BCUT2D eigenvalue weighted by Crippen LogP contribution is -2.28. The molecule has 2 amide bonds. The zero-order valence-electron chi connectivity index (χ0n) is 20.6. The number of sulfonamides is 1. The number of fused-ring (bicyclic) bond motifs is 1. The van der Waals surface area contributed by atoms with Gasteiger partial charge in [0.15, 0.2) is 5.16 Å². The summed E-state index contributed by atoms with van der Waals surface area (Å²) in [6, 6.07) is 7.98. The molecule has 200 valence electrons. The molecule has 4 N–H and O–H groups in total. The monoisotopic (exact) mass is 565 g/mol. The molecule has 37 heavy (non-hydrogen) atoms. The van der Waals surface area contributed by atoms with Crippen LogP contribution in [-0.2, 0) is 32.6 Å². The third-order valence-corrected chi connectivity index (χ3v) is 8.29. The van der Waals surface area contributed by atoms with Crippen LogP contribution >= 0.6 is 23.1 Å². The number of aromatic nitrogens is 2. The molecule has 0 fully saturated rings. The second kappa shape index (κ2) is 13.7. The van der Waals surface area contributed by atoms with Crippen molar-refractivity contribution in [3.63, 3.8) is 0 Å². The van der Waals surface area contributed by atoms with Crippen molar-refractivity contribution in [1.82, 2.24) is 20.2 Å². The Hall–Kier alpha value is -2.74. The second-order valence-corrected chi connectivity index (χ2v) is 11.8. The van der Waals surface area contributed by atoms with E-state index in [1.807, 2.05) is 5.38 Å². The van der Waals surface area contributed by atoms with Crippen LogP contribution in [0.25, 0.3) is 10.2 Å². The molecule has 3 aromatic rings. The van der Waals surface area contributed by atoms with E-state index in [1.165, 1.54) is 35.2 Å². The summed E-state index contributed by atoms with van der Waals surface area (Å²) < 4.78 is 24.8. The number of benzene rings is 1. The van der Waals surface area contributed by atoms with Gasteiger partial charge < -0.3 is 10.6 Å². The molecule has 3 rings (SSSR count). The minimum atomic E-state index is -3.73. The van der Waals surface area contributed by atoms with E-state index in [2.05, 4.69) is 22.5 Å². The van der Waals surface area contributed by atoms with Crippen LogP contribution in [0, 0.1) is 0 Å². The summed E-state index contributed by atoms with van der Waals surface area (Å²) in [4.78, 5) is 42.1. The number of nitrogens with two attached hydrogens (primary N) is 1. The lowest BCUT2D eigenvalue weighted by molar-refractivity contribution is -0.121. The smallest absolute Gasteiger partial charge is 0.272 e. The van der Waals surface area contributed by atoms with E-state index in [4.69, 9.17) is 5.14 Å². The number of hydrogen-bond acceptors (Lipinski definition) is 8. The van der Waals surface area contributed by atoms with Crippen molar-refractivity contribution in [3.05, 3.63) is 51.6 Å². The Morgan fingerprint density at radius 1 is 1.08 bits per heavy atom. The van der Waals surface area contributed by atoms with Gasteiger partial charge in [-0.3, -0.25) is 19.0 Å². The molecule has 0 bridgehead atoms. The Morgan fingerprint density at radius 3 is 2.51 bits per heavy atom. The van der Waals surface area contributed by atoms with Gasteiger partial charge in [0.25, 0.3) is 5.56 Å². The van der Waals surface area contributed by atoms with Crippen LogP contribution in [0.1, 0.15) is 38.2 Å². The number of carbonyl (C=O) groups is 2. The molecule has 10 nitrogen and oxygen atoms in total. The van der Waals surface area contributed by atoms with Gasteiger partial charge >= 0.3 is 0 Å². The van der Waals surface area contributed by atoms with Crippen molar-refractivity contribution in [2.45, 2.75) is 55.6 Å². The number of nitrogens with zero attached hydrogens (tertiary/aromatic N) is 2. The highest BCUT2D eigenvalue weighted by atomic mass is 32.2. The average Bonchev–Trinajstić information content (AvgIpc) is 3.33. The van der Waals surface area contributed by atoms with Gasteiger partial charge in [-0.2, -0.15) is 0 Å². The maximum absolute atomic E-state index is 13.0. The van der Waals surface area contributed by atoms with E-state index in [0.29, 0.717) is 47.8 Å². The maximum Gasteiger partial charge on any atom is 0.272 e. The van der Waals surface area contributed by atoms with E-state index in [-0.39, 0.29) is 34.4 Å². The molecule has 0 radical (unpaired) electrons. The number of nitrogens with one attached hydrogen (secondary N) is 2. The van der Waals surface area contributed by atoms with Gasteiger partial charge in [0.05, 0.1) is 16.2 Å². The van der Waals surface area contributed by atoms with E-state index in [0.717, 1.165) is 18.4 Å². The van der Waals surface area contributed by atoms with Crippen LogP contribution in [0.3, 0.4) is 0 Å². The molecule has 0 saturated carbocycles. The number of rotatable bonds is 14. The molecule has 0 atom stereocenters. The van der Waals surface area contributed by atoms with Crippen molar-refractivity contribution in [2.24, 2.45) is 5.14 Å². The topological polar surface area (TPSA) is 153 Å². The first-order valence-corrected chi connectivity index (χ1v) is 15.4. The molecule has 0 aliphatic carbocycles. The lowest BCUT2D eigenvalue weighted by atomic mass is 10.1. The normalized spacial score (nSPS) is 11.5. The predicted octanol–water partition coefficient (Wildman–Crippen LogP) is 2.25. The fourth-order valence-electron chi connectivity index (χ4n) is 3.49. The molecule has 1 aromatic carbocycles. The third-order valence-electron chi connectivity index (χ3n) is 5.49. The van der Waals surface area contributed by atoms with Gasteiger partial charge in [-0.05, 0) is 48.4 Å². The van der Waals surface area contributed by atoms with Gasteiger partial charge in [0.1, 0.15) is 4.70 Å². The molecule has 0 unspecified atom stereocenters. The summed E-state index contributed by atoms with van der Waals surface area (Å²) >= 11 is 2.54. The molecule has 2 heterocycles. The molecular weight excluding hydrogens is 534 g/mol. The Balaban J connectivity index is 1.52. The van der Waals surface area contributed by atoms with Gasteiger partial charge in [-0.15, -0.1) is 11.3 Å².